The molecule has 0 fully saturated rings. The van der Waals surface area contributed by atoms with Crippen molar-refractivity contribution in [1.82, 2.24) is 0 Å². The summed E-state index contributed by atoms with van der Waals surface area (Å²) in [4.78, 5) is 2.29. The zero-order valence-electron chi connectivity index (χ0n) is 8.17. The molecule has 3 heteroatoms. The van der Waals surface area contributed by atoms with Gasteiger partial charge in [0.1, 0.15) is 0 Å². The second kappa shape index (κ2) is 4.32. The highest BCUT2D eigenvalue weighted by atomic mass is 32.2. The van der Waals surface area contributed by atoms with Crippen molar-refractivity contribution in [1.29, 1.82) is 0 Å². The van der Waals surface area contributed by atoms with Crippen LogP contribution in [-0.2, 0) is 0 Å². The third kappa shape index (κ3) is 2.28. The largest absolute Gasteiger partial charge is 0.349 e. The summed E-state index contributed by atoms with van der Waals surface area (Å²) < 4.78 is 0. The van der Waals surface area contributed by atoms with E-state index in [1.807, 2.05) is 11.8 Å². The molecule has 0 aromatic heterocycles. The predicted molar refractivity (Wildman–Crippen MR) is 67.4 cm³/mol. The molecule has 1 aromatic rings. The Morgan fingerprint density at radius 1 is 1.43 bits per heavy atom. The summed E-state index contributed by atoms with van der Waals surface area (Å²) in [6, 6.07) is 6.49. The minimum absolute atomic E-state index is 0.970. The summed E-state index contributed by atoms with van der Waals surface area (Å²) in [5.74, 6) is 1.16. The Kier molecular flexibility index (Phi) is 3.08. The number of benzene rings is 1. The highest BCUT2D eigenvalue weighted by molar-refractivity contribution is 7.99. The fraction of sp³-hybridized carbons (Fsp3) is 0.364. The van der Waals surface area contributed by atoms with Gasteiger partial charge in [-0.3, -0.25) is 0 Å². The maximum absolute atomic E-state index is 5.25. The van der Waals surface area contributed by atoms with Crippen molar-refractivity contribution in [3.63, 3.8) is 0 Å². The van der Waals surface area contributed by atoms with Crippen molar-refractivity contribution in [3.8, 4) is 0 Å². The number of hydrogen-bond acceptors (Lipinski definition) is 2. The minimum atomic E-state index is 0.970. The second-order valence-corrected chi connectivity index (χ2v) is 5.13. The van der Waals surface area contributed by atoms with Gasteiger partial charge in [0.25, 0.3) is 0 Å². The van der Waals surface area contributed by atoms with Gasteiger partial charge in [-0.1, -0.05) is 18.3 Å². The lowest BCUT2D eigenvalue weighted by atomic mass is 10.2. The minimum Gasteiger partial charge on any atom is -0.349 e. The molecule has 2 rings (SSSR count). The average molecular weight is 223 g/mol. The Hall–Kier alpha value is -0.540. The molecule has 1 aliphatic rings. The van der Waals surface area contributed by atoms with Gasteiger partial charge in [-0.25, -0.2) is 0 Å². The van der Waals surface area contributed by atoms with Crippen LogP contribution in [0.4, 0.5) is 5.69 Å². The topological polar surface area (TPSA) is 12.0 Å². The molecule has 1 aliphatic heterocycles. The lowest BCUT2D eigenvalue weighted by Gasteiger charge is -2.16. The van der Waals surface area contributed by atoms with Gasteiger partial charge in [0.2, 0.25) is 0 Å². The number of anilines is 1. The molecule has 74 valence electrons. The predicted octanol–water partition coefficient (Wildman–Crippen LogP) is 3.62. The summed E-state index contributed by atoms with van der Waals surface area (Å²) in [5.41, 5.74) is 2.46. The lowest BCUT2D eigenvalue weighted by Crippen LogP contribution is -2.12. The van der Waals surface area contributed by atoms with Crippen LogP contribution in [0.3, 0.4) is 0 Å². The van der Waals surface area contributed by atoms with Crippen LogP contribution >= 0.6 is 24.0 Å². The molecule has 1 heterocycles. The van der Waals surface area contributed by atoms with Gasteiger partial charge in [0.15, 0.2) is 0 Å². The summed E-state index contributed by atoms with van der Waals surface area (Å²) in [5, 5.41) is 3.31. The Morgan fingerprint density at radius 2 is 2.29 bits per heavy atom. The number of nitrogens with one attached hydrogen (secondary N) is 1. The van der Waals surface area contributed by atoms with Crippen molar-refractivity contribution in [3.05, 3.63) is 23.8 Å². The van der Waals surface area contributed by atoms with Gasteiger partial charge >= 0.3 is 0 Å². The highest BCUT2D eigenvalue weighted by Gasteiger charge is 2.09. The molecule has 0 saturated carbocycles. The molecule has 0 unspecified atom stereocenters. The molecule has 0 saturated heterocycles. The molecular weight excluding hydrogens is 210 g/mol. The zero-order chi connectivity index (χ0) is 9.97. The van der Waals surface area contributed by atoms with Crippen molar-refractivity contribution >= 4 is 34.7 Å². The molecule has 0 radical (unpaired) electrons. The van der Waals surface area contributed by atoms with Gasteiger partial charge in [-0.2, -0.15) is 0 Å². The summed E-state index contributed by atoms with van der Waals surface area (Å²) in [7, 11) is 0. The van der Waals surface area contributed by atoms with E-state index in [0.29, 0.717) is 0 Å². The molecule has 0 atom stereocenters. The molecular formula is C11H13NS2. The molecule has 14 heavy (non-hydrogen) atoms. The van der Waals surface area contributed by atoms with Crippen LogP contribution in [0.1, 0.15) is 18.4 Å². The van der Waals surface area contributed by atoms with Crippen molar-refractivity contribution in [2.45, 2.75) is 24.7 Å². The van der Waals surface area contributed by atoms with Gasteiger partial charge in [0, 0.05) is 4.90 Å². The van der Waals surface area contributed by atoms with E-state index >= 15 is 0 Å². The van der Waals surface area contributed by atoms with Crippen LogP contribution in [0, 0.1) is 6.92 Å². The number of thioether (sulfide) groups is 1. The normalized spacial score (nSPS) is 16.5. The molecule has 0 spiro atoms. The van der Waals surface area contributed by atoms with Crippen LogP contribution in [0.5, 0.6) is 0 Å². The first-order chi connectivity index (χ1) is 6.75. The summed E-state index contributed by atoms with van der Waals surface area (Å²) in [6.45, 7) is 2.11. The first-order valence-electron chi connectivity index (χ1n) is 4.79. The highest BCUT2D eigenvalue weighted by Crippen LogP contribution is 2.30. The quantitative estimate of drug-likeness (QED) is 0.675. The number of aryl methyl sites for hydroxylation is 1. The Labute approximate surface area is 94.3 Å². The van der Waals surface area contributed by atoms with Crippen molar-refractivity contribution in [2.75, 3.05) is 11.1 Å². The number of rotatable bonds is 0. The number of fused-ring (bicyclic) bond motifs is 1. The van der Waals surface area contributed by atoms with Crippen LogP contribution in [-0.4, -0.2) is 10.7 Å². The van der Waals surface area contributed by atoms with Crippen LogP contribution < -0.4 is 5.32 Å². The van der Waals surface area contributed by atoms with E-state index in [1.165, 1.54) is 22.6 Å². The average Bonchev–Trinajstić information content (AvgIpc) is 2.12. The van der Waals surface area contributed by atoms with Crippen molar-refractivity contribution < 1.29 is 0 Å². The third-order valence-corrected chi connectivity index (χ3v) is 3.68. The standard InChI is InChI=1S/C11H13NS2/c1-8-4-5-10-9(7-8)12-11(13)3-2-6-14-10/h4-5,7H,2-3,6H2,1H3,(H,12,13). The summed E-state index contributed by atoms with van der Waals surface area (Å²) in [6.07, 6.45) is 2.18. The van der Waals surface area contributed by atoms with E-state index in [9.17, 15) is 0 Å². The molecule has 0 bridgehead atoms. The van der Waals surface area contributed by atoms with E-state index in [4.69, 9.17) is 12.2 Å². The maximum atomic E-state index is 5.25. The zero-order valence-corrected chi connectivity index (χ0v) is 9.80. The van der Waals surface area contributed by atoms with Gasteiger partial charge < -0.3 is 5.32 Å². The van der Waals surface area contributed by atoms with Gasteiger partial charge in [-0.15, -0.1) is 11.8 Å². The fourth-order valence-electron chi connectivity index (χ4n) is 1.49. The molecule has 1 nitrogen and oxygen atoms in total. The SMILES string of the molecule is Cc1ccc2c(c1)NC(=S)CCCS2. The fourth-order valence-corrected chi connectivity index (χ4v) is 2.69. The number of thiocarbonyl (C=S) groups is 1. The lowest BCUT2D eigenvalue weighted by molar-refractivity contribution is 1.01. The first-order valence-corrected chi connectivity index (χ1v) is 6.18. The Morgan fingerprint density at radius 3 is 3.14 bits per heavy atom. The van der Waals surface area contributed by atoms with Gasteiger partial charge in [0.05, 0.1) is 10.7 Å². The maximum Gasteiger partial charge on any atom is 0.0797 e. The van der Waals surface area contributed by atoms with Crippen molar-refractivity contribution in [2.24, 2.45) is 0 Å². The first kappa shape index (κ1) is 9.99. The second-order valence-electron chi connectivity index (χ2n) is 3.50. The van der Waals surface area contributed by atoms with E-state index in [1.54, 1.807) is 0 Å². The smallest absolute Gasteiger partial charge is 0.0797 e. The van der Waals surface area contributed by atoms with E-state index in [0.717, 1.165) is 17.2 Å². The van der Waals surface area contributed by atoms with E-state index in [2.05, 4.69) is 30.4 Å². The monoisotopic (exact) mass is 223 g/mol. The molecule has 0 aliphatic carbocycles. The summed E-state index contributed by atoms with van der Waals surface area (Å²) >= 11 is 7.16. The third-order valence-electron chi connectivity index (χ3n) is 2.21. The van der Waals surface area contributed by atoms with E-state index in [-0.39, 0.29) is 0 Å². The van der Waals surface area contributed by atoms with E-state index < -0.39 is 0 Å². The van der Waals surface area contributed by atoms with Crippen LogP contribution in [0.2, 0.25) is 0 Å². The van der Waals surface area contributed by atoms with Crippen LogP contribution in [0.15, 0.2) is 23.1 Å². The van der Waals surface area contributed by atoms with Crippen LogP contribution in [0.25, 0.3) is 0 Å². The Bertz CT molecular complexity index is 360. The molecule has 1 aromatic carbocycles. The molecule has 1 N–H and O–H groups in total. The number of hydrogen-bond donors (Lipinski definition) is 1. The molecule has 0 amide bonds. The van der Waals surface area contributed by atoms with Gasteiger partial charge in [-0.05, 0) is 43.2 Å². The Balaban J connectivity index is 2.34.